The lowest BCUT2D eigenvalue weighted by molar-refractivity contribution is -0.141. The second kappa shape index (κ2) is 11.4. The van der Waals surface area contributed by atoms with Gasteiger partial charge in [0.25, 0.3) is 11.7 Å². The molecule has 0 radical (unpaired) electrons. The third-order valence-corrected chi connectivity index (χ3v) is 6.85. The van der Waals surface area contributed by atoms with Crippen LogP contribution in [0.1, 0.15) is 76.0 Å². The average molecular weight is 478 g/mol. The predicted molar refractivity (Wildman–Crippen MR) is 135 cm³/mol. The predicted octanol–water partition coefficient (Wildman–Crippen LogP) is 6.02. The number of nitrogens with zero attached hydrogens (tertiary/aromatic N) is 1. The minimum atomic E-state index is -0.631. The van der Waals surface area contributed by atoms with Crippen molar-refractivity contribution in [2.75, 3.05) is 13.2 Å². The summed E-state index contributed by atoms with van der Waals surface area (Å²) in [6.45, 7) is 5.26. The maximum atomic E-state index is 13.3. The Labute approximate surface area is 207 Å². The minimum absolute atomic E-state index is 0.00721. The van der Waals surface area contributed by atoms with E-state index in [-0.39, 0.29) is 17.4 Å². The van der Waals surface area contributed by atoms with Gasteiger partial charge in [-0.15, -0.1) is 0 Å². The SMILES string of the molecule is CCCCCOc1ccc(/C(O)=C2/C(=O)C(=O)N(C3CCCC3)C2c2ccc(OCC)cc2)cc1. The van der Waals surface area contributed by atoms with E-state index in [0.29, 0.717) is 24.5 Å². The fourth-order valence-electron chi connectivity index (χ4n) is 5.06. The minimum Gasteiger partial charge on any atom is -0.507 e. The maximum Gasteiger partial charge on any atom is 0.295 e. The molecule has 0 aromatic heterocycles. The normalized spacial score (nSPS) is 19.9. The van der Waals surface area contributed by atoms with Crippen LogP contribution in [0, 0.1) is 0 Å². The van der Waals surface area contributed by atoms with Crippen LogP contribution in [0.25, 0.3) is 5.76 Å². The number of hydrogen-bond acceptors (Lipinski definition) is 5. The third-order valence-electron chi connectivity index (χ3n) is 6.85. The molecule has 1 heterocycles. The summed E-state index contributed by atoms with van der Waals surface area (Å²) in [5.41, 5.74) is 1.42. The summed E-state index contributed by atoms with van der Waals surface area (Å²) in [6.07, 6.45) is 7.03. The molecule has 186 valence electrons. The zero-order valence-corrected chi connectivity index (χ0v) is 20.7. The van der Waals surface area contributed by atoms with Gasteiger partial charge in [-0.05, 0) is 68.1 Å². The lowest BCUT2D eigenvalue weighted by Gasteiger charge is -2.30. The summed E-state index contributed by atoms with van der Waals surface area (Å²) in [4.78, 5) is 28.2. The lowest BCUT2D eigenvalue weighted by atomic mass is 9.94. The molecule has 6 heteroatoms. The summed E-state index contributed by atoms with van der Waals surface area (Å²) in [7, 11) is 0. The van der Waals surface area contributed by atoms with Crippen molar-refractivity contribution < 1.29 is 24.2 Å². The Balaban J connectivity index is 1.68. The van der Waals surface area contributed by atoms with E-state index >= 15 is 0 Å². The molecule has 1 unspecified atom stereocenters. The fourth-order valence-corrected chi connectivity index (χ4v) is 5.06. The first-order valence-electron chi connectivity index (χ1n) is 12.8. The van der Waals surface area contributed by atoms with Crippen LogP contribution in [0.4, 0.5) is 0 Å². The number of benzene rings is 2. The number of amides is 1. The molecule has 35 heavy (non-hydrogen) atoms. The molecule has 2 aromatic rings. The fraction of sp³-hybridized carbons (Fsp3) is 0.448. The lowest BCUT2D eigenvalue weighted by Crippen LogP contribution is -2.37. The zero-order chi connectivity index (χ0) is 24.8. The van der Waals surface area contributed by atoms with Crippen molar-refractivity contribution in [1.82, 2.24) is 4.90 Å². The van der Waals surface area contributed by atoms with Crippen molar-refractivity contribution in [2.45, 2.75) is 70.9 Å². The standard InChI is InChI=1S/C29H35NO5/c1-3-5-8-19-35-24-17-13-21(14-18-24)27(31)25-26(20-11-15-23(16-12-20)34-4-2)30(29(33)28(25)32)22-9-6-7-10-22/h11-18,22,26,31H,3-10,19H2,1-2H3/b27-25-. The highest BCUT2D eigenvalue weighted by molar-refractivity contribution is 6.46. The molecule has 1 saturated heterocycles. The van der Waals surface area contributed by atoms with Crippen molar-refractivity contribution in [2.24, 2.45) is 0 Å². The molecule has 2 aliphatic rings. The Kier molecular flexibility index (Phi) is 8.11. The molecule has 0 bridgehead atoms. The Hall–Kier alpha value is -3.28. The Morgan fingerprint density at radius 3 is 2.17 bits per heavy atom. The van der Waals surface area contributed by atoms with Gasteiger partial charge in [-0.2, -0.15) is 0 Å². The number of aliphatic hydroxyl groups excluding tert-OH is 1. The van der Waals surface area contributed by atoms with Gasteiger partial charge in [0.15, 0.2) is 0 Å². The molecule has 1 N–H and O–H groups in total. The van der Waals surface area contributed by atoms with Gasteiger partial charge >= 0.3 is 0 Å². The molecular formula is C29H35NO5. The van der Waals surface area contributed by atoms with Gasteiger partial charge in [0.1, 0.15) is 17.3 Å². The quantitative estimate of drug-likeness (QED) is 0.196. The monoisotopic (exact) mass is 477 g/mol. The van der Waals surface area contributed by atoms with Gasteiger partial charge in [-0.3, -0.25) is 9.59 Å². The van der Waals surface area contributed by atoms with E-state index in [1.165, 1.54) is 0 Å². The molecule has 0 spiro atoms. The first-order chi connectivity index (χ1) is 17.0. The Bertz CT molecular complexity index is 1050. The highest BCUT2D eigenvalue weighted by Gasteiger charge is 2.49. The van der Waals surface area contributed by atoms with Crippen LogP contribution < -0.4 is 9.47 Å². The van der Waals surface area contributed by atoms with Gasteiger partial charge in [0.05, 0.1) is 24.8 Å². The first kappa shape index (κ1) is 24.8. The van der Waals surface area contributed by atoms with Crippen LogP contribution >= 0.6 is 0 Å². The van der Waals surface area contributed by atoms with E-state index in [1.54, 1.807) is 29.2 Å². The average Bonchev–Trinajstić information content (AvgIpc) is 3.49. The summed E-state index contributed by atoms with van der Waals surface area (Å²) in [5, 5.41) is 11.3. The summed E-state index contributed by atoms with van der Waals surface area (Å²) >= 11 is 0. The van der Waals surface area contributed by atoms with Gasteiger partial charge < -0.3 is 19.5 Å². The Morgan fingerprint density at radius 1 is 0.914 bits per heavy atom. The number of ether oxygens (including phenoxy) is 2. The number of likely N-dealkylation sites (tertiary alicyclic amines) is 1. The van der Waals surface area contributed by atoms with E-state index in [4.69, 9.17) is 9.47 Å². The number of aliphatic hydroxyl groups is 1. The molecule has 1 aliphatic heterocycles. The van der Waals surface area contributed by atoms with Crippen LogP contribution in [-0.2, 0) is 9.59 Å². The highest BCUT2D eigenvalue weighted by Crippen LogP contribution is 2.43. The van der Waals surface area contributed by atoms with Gasteiger partial charge in [0, 0.05) is 11.6 Å². The molecular weight excluding hydrogens is 442 g/mol. The van der Waals surface area contributed by atoms with E-state index in [0.717, 1.165) is 56.3 Å². The molecule has 1 saturated carbocycles. The van der Waals surface area contributed by atoms with Crippen LogP contribution in [0.3, 0.4) is 0 Å². The number of ketones is 1. The largest absolute Gasteiger partial charge is 0.507 e. The van der Waals surface area contributed by atoms with Crippen molar-refractivity contribution in [3.8, 4) is 11.5 Å². The highest BCUT2D eigenvalue weighted by atomic mass is 16.5. The second-order valence-corrected chi connectivity index (χ2v) is 9.23. The van der Waals surface area contributed by atoms with E-state index in [1.807, 2.05) is 31.2 Å². The smallest absolute Gasteiger partial charge is 0.295 e. The van der Waals surface area contributed by atoms with Crippen LogP contribution in [-0.4, -0.2) is 41.0 Å². The molecule has 4 rings (SSSR count). The number of rotatable bonds is 10. The van der Waals surface area contributed by atoms with Crippen LogP contribution in [0.5, 0.6) is 11.5 Å². The van der Waals surface area contributed by atoms with Crippen molar-refractivity contribution in [3.05, 3.63) is 65.2 Å². The maximum absolute atomic E-state index is 13.3. The molecule has 1 amide bonds. The molecule has 6 nitrogen and oxygen atoms in total. The van der Waals surface area contributed by atoms with E-state index in [9.17, 15) is 14.7 Å². The number of hydrogen-bond donors (Lipinski definition) is 1. The topological polar surface area (TPSA) is 76.1 Å². The van der Waals surface area contributed by atoms with Crippen LogP contribution in [0.15, 0.2) is 54.1 Å². The van der Waals surface area contributed by atoms with E-state index < -0.39 is 17.7 Å². The summed E-state index contributed by atoms with van der Waals surface area (Å²) in [6, 6.07) is 13.9. The summed E-state index contributed by atoms with van der Waals surface area (Å²) < 4.78 is 11.3. The van der Waals surface area contributed by atoms with Crippen molar-refractivity contribution >= 4 is 17.4 Å². The number of carbonyl (C=O) groups excluding carboxylic acids is 2. The van der Waals surface area contributed by atoms with E-state index in [2.05, 4.69) is 6.92 Å². The van der Waals surface area contributed by atoms with Gasteiger partial charge in [0.2, 0.25) is 0 Å². The summed E-state index contributed by atoms with van der Waals surface area (Å²) in [5.74, 6) is 0.123. The molecule has 1 aliphatic carbocycles. The molecule has 2 aromatic carbocycles. The van der Waals surface area contributed by atoms with Gasteiger partial charge in [-0.25, -0.2) is 0 Å². The zero-order valence-electron chi connectivity index (χ0n) is 20.7. The third kappa shape index (κ3) is 5.37. The number of carbonyl (C=O) groups is 2. The molecule has 1 atom stereocenters. The van der Waals surface area contributed by atoms with Gasteiger partial charge in [-0.1, -0.05) is 44.7 Å². The number of unbranched alkanes of at least 4 members (excludes halogenated alkanes) is 2. The Morgan fingerprint density at radius 2 is 1.54 bits per heavy atom. The van der Waals surface area contributed by atoms with Crippen molar-refractivity contribution in [1.29, 1.82) is 0 Å². The van der Waals surface area contributed by atoms with Crippen molar-refractivity contribution in [3.63, 3.8) is 0 Å². The first-order valence-corrected chi connectivity index (χ1v) is 12.8. The molecule has 2 fully saturated rings. The second-order valence-electron chi connectivity index (χ2n) is 9.23. The number of Topliss-reactive ketones (excluding diaryl/α,β-unsaturated/α-hetero) is 1. The van der Waals surface area contributed by atoms with Crippen LogP contribution in [0.2, 0.25) is 0 Å².